The summed E-state index contributed by atoms with van der Waals surface area (Å²) in [6.45, 7) is 3.85. The molecular weight excluding hydrogens is 262 g/mol. The first-order valence-electron chi connectivity index (χ1n) is 5.84. The highest BCUT2D eigenvalue weighted by Gasteiger charge is 2.08. The molecule has 0 fully saturated rings. The fourth-order valence-electron chi connectivity index (χ4n) is 1.68. The third-order valence-electron chi connectivity index (χ3n) is 2.89. The van der Waals surface area contributed by atoms with Crippen LogP contribution in [0.5, 0.6) is 5.75 Å². The quantitative estimate of drug-likeness (QED) is 0.898. The van der Waals surface area contributed by atoms with Crippen molar-refractivity contribution in [1.82, 2.24) is 4.98 Å². The Hall–Kier alpha value is -1.94. The van der Waals surface area contributed by atoms with E-state index >= 15 is 0 Å². The van der Waals surface area contributed by atoms with Crippen molar-refractivity contribution in [2.24, 2.45) is 0 Å². The molecule has 2 aromatic rings. The lowest BCUT2D eigenvalue weighted by atomic mass is 10.2. The Bertz CT molecular complexity index is 614. The maximum absolute atomic E-state index is 6.07. The summed E-state index contributed by atoms with van der Waals surface area (Å²) >= 11 is 6.07. The van der Waals surface area contributed by atoms with Crippen LogP contribution in [0, 0.1) is 13.8 Å². The molecule has 0 unspecified atom stereocenters. The maximum atomic E-state index is 6.07. The number of hydrogen-bond acceptors (Lipinski definition) is 4. The Labute approximate surface area is 117 Å². The van der Waals surface area contributed by atoms with Crippen LogP contribution in [0.25, 0.3) is 0 Å². The number of nitrogens with zero attached hydrogens (tertiary/aromatic N) is 1. The summed E-state index contributed by atoms with van der Waals surface area (Å²) in [4.78, 5) is 4.28. The molecule has 0 aliphatic heterocycles. The average molecular weight is 278 g/mol. The molecule has 1 heterocycles. The van der Waals surface area contributed by atoms with Crippen molar-refractivity contribution >= 4 is 28.8 Å². The fourth-order valence-corrected chi connectivity index (χ4v) is 1.83. The number of nitrogen functional groups attached to an aromatic ring is 1. The number of nitrogens with one attached hydrogen (secondary N) is 1. The van der Waals surface area contributed by atoms with Crippen LogP contribution < -0.4 is 15.8 Å². The number of hydrogen-bond donors (Lipinski definition) is 2. The lowest BCUT2D eigenvalue weighted by Gasteiger charge is -2.13. The molecule has 0 saturated heterocycles. The number of methoxy groups -OCH3 is 1. The molecule has 0 amide bonds. The molecule has 0 atom stereocenters. The molecule has 0 spiro atoms. The SMILES string of the molecule is COc1cc(Cl)c(C)cc1Nc1cc(N)c(C)cn1. The number of pyridine rings is 1. The summed E-state index contributed by atoms with van der Waals surface area (Å²) < 4.78 is 5.30. The van der Waals surface area contributed by atoms with Gasteiger partial charge in [-0.25, -0.2) is 4.98 Å². The number of nitrogens with two attached hydrogens (primary N) is 1. The molecule has 5 heteroatoms. The van der Waals surface area contributed by atoms with Crippen LogP contribution in [-0.4, -0.2) is 12.1 Å². The van der Waals surface area contributed by atoms with Crippen molar-refractivity contribution in [2.75, 3.05) is 18.2 Å². The highest BCUT2D eigenvalue weighted by Crippen LogP contribution is 2.33. The molecule has 0 aliphatic carbocycles. The second kappa shape index (κ2) is 5.36. The van der Waals surface area contributed by atoms with E-state index in [1.807, 2.05) is 19.9 Å². The lowest BCUT2D eigenvalue weighted by Crippen LogP contribution is -1.99. The molecule has 0 radical (unpaired) electrons. The van der Waals surface area contributed by atoms with E-state index in [1.165, 1.54) is 0 Å². The Morgan fingerprint density at radius 3 is 2.58 bits per heavy atom. The van der Waals surface area contributed by atoms with E-state index in [0.717, 1.165) is 16.8 Å². The molecule has 2 rings (SSSR count). The Morgan fingerprint density at radius 2 is 1.95 bits per heavy atom. The number of halogens is 1. The van der Waals surface area contributed by atoms with Gasteiger partial charge in [0.05, 0.1) is 12.8 Å². The van der Waals surface area contributed by atoms with Gasteiger partial charge < -0.3 is 15.8 Å². The minimum absolute atomic E-state index is 0.663. The zero-order valence-corrected chi connectivity index (χ0v) is 11.9. The standard InChI is InChI=1S/C14H16ClN3O/c1-8-4-12(13(19-3)5-10(8)15)18-14-6-11(16)9(2)7-17-14/h4-7H,1-3H3,(H3,16,17,18). The van der Waals surface area contributed by atoms with Crippen molar-refractivity contribution in [1.29, 1.82) is 0 Å². The highest BCUT2D eigenvalue weighted by atomic mass is 35.5. The van der Waals surface area contributed by atoms with Crippen LogP contribution >= 0.6 is 11.6 Å². The van der Waals surface area contributed by atoms with E-state index in [1.54, 1.807) is 25.4 Å². The summed E-state index contributed by atoms with van der Waals surface area (Å²) in [5.74, 6) is 1.33. The smallest absolute Gasteiger partial charge is 0.143 e. The van der Waals surface area contributed by atoms with E-state index in [4.69, 9.17) is 22.1 Å². The molecule has 19 heavy (non-hydrogen) atoms. The topological polar surface area (TPSA) is 60.2 Å². The van der Waals surface area contributed by atoms with Crippen LogP contribution in [0.3, 0.4) is 0 Å². The number of anilines is 3. The van der Waals surface area contributed by atoms with Gasteiger partial charge in [0.15, 0.2) is 0 Å². The van der Waals surface area contributed by atoms with E-state index in [0.29, 0.717) is 22.3 Å². The van der Waals surface area contributed by atoms with Crippen molar-refractivity contribution < 1.29 is 4.74 Å². The maximum Gasteiger partial charge on any atom is 0.143 e. The molecule has 3 N–H and O–H groups in total. The van der Waals surface area contributed by atoms with Crippen molar-refractivity contribution in [3.05, 3.63) is 40.5 Å². The number of ether oxygens (including phenoxy) is 1. The van der Waals surface area contributed by atoms with Gasteiger partial charge in [-0.3, -0.25) is 0 Å². The summed E-state index contributed by atoms with van der Waals surface area (Å²) in [6, 6.07) is 5.48. The van der Waals surface area contributed by atoms with Gasteiger partial charge >= 0.3 is 0 Å². The molecule has 0 bridgehead atoms. The minimum atomic E-state index is 0.663. The van der Waals surface area contributed by atoms with Gasteiger partial charge in [0.1, 0.15) is 11.6 Å². The largest absolute Gasteiger partial charge is 0.495 e. The Balaban J connectivity index is 2.37. The minimum Gasteiger partial charge on any atom is -0.495 e. The zero-order valence-electron chi connectivity index (χ0n) is 11.1. The third kappa shape index (κ3) is 2.90. The van der Waals surface area contributed by atoms with Crippen LogP contribution in [0.4, 0.5) is 17.2 Å². The molecule has 1 aromatic carbocycles. The summed E-state index contributed by atoms with van der Waals surface area (Å²) in [7, 11) is 1.60. The highest BCUT2D eigenvalue weighted by molar-refractivity contribution is 6.31. The predicted octanol–water partition coefficient (Wildman–Crippen LogP) is 3.69. The van der Waals surface area contributed by atoms with Gasteiger partial charge in [-0.2, -0.15) is 0 Å². The second-order valence-electron chi connectivity index (χ2n) is 4.35. The van der Waals surface area contributed by atoms with Crippen LogP contribution in [0.15, 0.2) is 24.4 Å². The zero-order chi connectivity index (χ0) is 14.0. The van der Waals surface area contributed by atoms with E-state index in [9.17, 15) is 0 Å². The number of benzene rings is 1. The van der Waals surface area contributed by atoms with Gasteiger partial charge in [0.2, 0.25) is 0 Å². The second-order valence-corrected chi connectivity index (χ2v) is 4.76. The van der Waals surface area contributed by atoms with Crippen molar-refractivity contribution in [2.45, 2.75) is 13.8 Å². The molecule has 4 nitrogen and oxygen atoms in total. The van der Waals surface area contributed by atoms with E-state index < -0.39 is 0 Å². The van der Waals surface area contributed by atoms with Crippen molar-refractivity contribution in [3.8, 4) is 5.75 Å². The first-order valence-corrected chi connectivity index (χ1v) is 6.22. The predicted molar refractivity (Wildman–Crippen MR) is 79.4 cm³/mol. The monoisotopic (exact) mass is 277 g/mol. The van der Waals surface area contributed by atoms with Crippen LogP contribution in [0.1, 0.15) is 11.1 Å². The van der Waals surface area contributed by atoms with Crippen LogP contribution in [0.2, 0.25) is 5.02 Å². The summed E-state index contributed by atoms with van der Waals surface area (Å²) in [5.41, 5.74) is 9.28. The van der Waals surface area contributed by atoms with Gasteiger partial charge in [-0.1, -0.05) is 11.6 Å². The van der Waals surface area contributed by atoms with Gasteiger partial charge in [0.25, 0.3) is 0 Å². The molecule has 0 saturated carbocycles. The van der Waals surface area contributed by atoms with Gasteiger partial charge in [0, 0.05) is 29.0 Å². The first-order chi connectivity index (χ1) is 9.01. The molecule has 100 valence electrons. The summed E-state index contributed by atoms with van der Waals surface area (Å²) in [6.07, 6.45) is 1.73. The number of aryl methyl sites for hydroxylation is 2. The summed E-state index contributed by atoms with van der Waals surface area (Å²) in [5, 5.41) is 3.85. The molecule has 0 aliphatic rings. The Morgan fingerprint density at radius 1 is 1.21 bits per heavy atom. The number of aromatic nitrogens is 1. The first kappa shape index (κ1) is 13.5. The lowest BCUT2D eigenvalue weighted by molar-refractivity contribution is 0.416. The normalized spacial score (nSPS) is 10.3. The molecular formula is C14H16ClN3O. The van der Waals surface area contributed by atoms with E-state index in [2.05, 4.69) is 10.3 Å². The van der Waals surface area contributed by atoms with Crippen LogP contribution in [-0.2, 0) is 0 Å². The van der Waals surface area contributed by atoms with Crippen molar-refractivity contribution in [3.63, 3.8) is 0 Å². The van der Waals surface area contributed by atoms with E-state index in [-0.39, 0.29) is 0 Å². The fraction of sp³-hybridized carbons (Fsp3) is 0.214. The van der Waals surface area contributed by atoms with Gasteiger partial charge in [-0.15, -0.1) is 0 Å². The average Bonchev–Trinajstić information content (AvgIpc) is 2.38. The molecule has 1 aromatic heterocycles. The number of rotatable bonds is 3. The van der Waals surface area contributed by atoms with Gasteiger partial charge in [-0.05, 0) is 31.0 Å². The third-order valence-corrected chi connectivity index (χ3v) is 3.30. The Kier molecular flexibility index (Phi) is 3.81.